The first-order chi connectivity index (χ1) is 19.2. The van der Waals surface area contributed by atoms with Gasteiger partial charge in [-0.3, -0.25) is 19.4 Å². The highest BCUT2D eigenvalue weighted by Gasteiger charge is 2.47. The van der Waals surface area contributed by atoms with Crippen molar-refractivity contribution in [1.82, 2.24) is 20.9 Å². The molecular formula is C29H34F2N4O5. The molecule has 3 N–H and O–H groups in total. The lowest BCUT2D eigenvalue weighted by Crippen LogP contribution is -2.65. The Morgan fingerprint density at radius 2 is 1.68 bits per heavy atom. The van der Waals surface area contributed by atoms with Gasteiger partial charge in [0.15, 0.2) is 0 Å². The Morgan fingerprint density at radius 3 is 2.30 bits per heavy atom. The number of pyridine rings is 1. The average Bonchev–Trinajstić information content (AvgIpc) is 2.93. The molecule has 40 heavy (non-hydrogen) atoms. The van der Waals surface area contributed by atoms with Crippen molar-refractivity contribution >= 4 is 23.7 Å². The molecule has 1 atom stereocenters. The molecule has 3 amide bonds. The minimum Gasteiger partial charge on any atom is -0.449 e. The van der Waals surface area contributed by atoms with Crippen molar-refractivity contribution in [3.63, 3.8) is 0 Å². The summed E-state index contributed by atoms with van der Waals surface area (Å²) in [5.41, 5.74) is 0.0354. The van der Waals surface area contributed by atoms with Gasteiger partial charge in [-0.2, -0.15) is 0 Å². The van der Waals surface area contributed by atoms with E-state index < -0.39 is 41.2 Å². The van der Waals surface area contributed by atoms with Crippen LogP contribution in [0.1, 0.15) is 56.2 Å². The molecule has 2 fully saturated rings. The first-order valence-corrected chi connectivity index (χ1v) is 13.6. The van der Waals surface area contributed by atoms with Crippen molar-refractivity contribution in [3.05, 3.63) is 66.0 Å². The number of alkyl halides is 2. The van der Waals surface area contributed by atoms with Crippen LogP contribution in [-0.2, 0) is 32.1 Å². The zero-order valence-electron chi connectivity index (χ0n) is 22.2. The number of amides is 3. The summed E-state index contributed by atoms with van der Waals surface area (Å²) in [5.74, 6) is -5.09. The smallest absolute Gasteiger partial charge is 0.408 e. The van der Waals surface area contributed by atoms with Gasteiger partial charge in [0, 0.05) is 25.5 Å². The first kappa shape index (κ1) is 29.1. The molecule has 0 saturated heterocycles. The van der Waals surface area contributed by atoms with Crippen molar-refractivity contribution in [2.75, 3.05) is 6.61 Å². The zero-order valence-corrected chi connectivity index (χ0v) is 22.2. The third-order valence-electron chi connectivity index (χ3n) is 7.55. The molecule has 9 nitrogen and oxygen atoms in total. The Labute approximate surface area is 231 Å². The van der Waals surface area contributed by atoms with Crippen molar-refractivity contribution in [1.29, 1.82) is 0 Å². The van der Waals surface area contributed by atoms with Gasteiger partial charge < -0.3 is 20.7 Å². The van der Waals surface area contributed by atoms with Crippen LogP contribution in [0.3, 0.4) is 0 Å². The largest absolute Gasteiger partial charge is 0.449 e. The fraction of sp³-hybridized carbons (Fsp3) is 0.483. The molecule has 214 valence electrons. The molecule has 0 bridgehead atoms. The number of nitrogens with one attached hydrogen (secondary N) is 3. The van der Waals surface area contributed by atoms with Crippen molar-refractivity contribution in [2.45, 2.75) is 75.4 Å². The van der Waals surface area contributed by atoms with Crippen LogP contribution < -0.4 is 16.0 Å². The normalized spacial score (nSPS) is 18.4. The van der Waals surface area contributed by atoms with Gasteiger partial charge >= 0.3 is 6.09 Å². The fourth-order valence-electron chi connectivity index (χ4n) is 4.91. The van der Waals surface area contributed by atoms with Crippen LogP contribution in [0.5, 0.6) is 0 Å². The van der Waals surface area contributed by atoms with Gasteiger partial charge in [-0.05, 0) is 55.7 Å². The van der Waals surface area contributed by atoms with Crippen LogP contribution in [0.4, 0.5) is 13.6 Å². The van der Waals surface area contributed by atoms with E-state index in [4.69, 9.17) is 4.74 Å². The van der Waals surface area contributed by atoms with Crippen molar-refractivity contribution < 1.29 is 32.7 Å². The molecule has 1 aromatic heterocycles. The van der Waals surface area contributed by atoms with Crippen LogP contribution >= 0.6 is 0 Å². The predicted molar refractivity (Wildman–Crippen MR) is 141 cm³/mol. The summed E-state index contributed by atoms with van der Waals surface area (Å²) in [6.45, 7) is 0.0402. The molecule has 0 radical (unpaired) electrons. The average molecular weight is 557 g/mol. The number of hydrogen-bond acceptors (Lipinski definition) is 6. The highest BCUT2D eigenvalue weighted by Crippen LogP contribution is 2.36. The number of aromatic nitrogens is 1. The molecule has 0 unspecified atom stereocenters. The first-order valence-electron chi connectivity index (χ1n) is 13.6. The summed E-state index contributed by atoms with van der Waals surface area (Å²) < 4.78 is 32.1. The summed E-state index contributed by atoms with van der Waals surface area (Å²) in [5, 5.41) is 7.87. The molecular weight excluding hydrogens is 522 g/mol. The summed E-state index contributed by atoms with van der Waals surface area (Å²) >= 11 is 0. The van der Waals surface area contributed by atoms with E-state index in [0.29, 0.717) is 25.0 Å². The Kier molecular flexibility index (Phi) is 9.44. The van der Waals surface area contributed by atoms with E-state index in [1.165, 1.54) is 0 Å². The lowest BCUT2D eigenvalue weighted by Gasteiger charge is -2.41. The minimum absolute atomic E-state index is 0.00876. The summed E-state index contributed by atoms with van der Waals surface area (Å²) in [6.07, 6.45) is 2.24. The molecule has 4 rings (SSSR count). The number of alkyl carbamates (subject to hydrolysis) is 1. The van der Waals surface area contributed by atoms with E-state index in [1.807, 2.05) is 6.07 Å². The molecule has 2 aliphatic rings. The maximum Gasteiger partial charge on any atom is 0.408 e. The summed E-state index contributed by atoms with van der Waals surface area (Å²) in [4.78, 5) is 56.0. The van der Waals surface area contributed by atoms with Crippen molar-refractivity contribution in [3.8, 4) is 0 Å². The van der Waals surface area contributed by atoms with Gasteiger partial charge in [-0.1, -0.05) is 36.4 Å². The van der Waals surface area contributed by atoms with Crippen LogP contribution in [0.25, 0.3) is 0 Å². The number of rotatable bonds is 11. The maximum absolute atomic E-state index is 13.4. The monoisotopic (exact) mass is 556 g/mol. The van der Waals surface area contributed by atoms with E-state index in [0.717, 1.165) is 5.56 Å². The zero-order chi connectivity index (χ0) is 28.6. The van der Waals surface area contributed by atoms with E-state index in [2.05, 4.69) is 20.9 Å². The lowest BCUT2D eigenvalue weighted by molar-refractivity contribution is -0.141. The van der Waals surface area contributed by atoms with E-state index in [1.54, 1.807) is 48.7 Å². The van der Waals surface area contributed by atoms with E-state index >= 15 is 0 Å². The molecule has 0 spiro atoms. The van der Waals surface area contributed by atoms with Crippen molar-refractivity contribution in [2.24, 2.45) is 5.92 Å². The summed E-state index contributed by atoms with van der Waals surface area (Å²) in [7, 11) is 0. The van der Waals surface area contributed by atoms with Gasteiger partial charge in [0.2, 0.25) is 17.6 Å². The van der Waals surface area contributed by atoms with Gasteiger partial charge in [0.1, 0.15) is 11.6 Å². The molecule has 1 aromatic carbocycles. The lowest BCUT2D eigenvalue weighted by atomic mass is 9.75. The Hall–Kier alpha value is -3.89. The third kappa shape index (κ3) is 7.83. The number of Topliss-reactive ketones (excluding diaryl/α,β-unsaturated/α-hetero) is 1. The highest BCUT2D eigenvalue weighted by molar-refractivity contribution is 6.38. The number of nitrogens with zero attached hydrogens (tertiary/aromatic N) is 1. The SMILES string of the molecule is O=C(NC1(C(=O)N[C@H](Cc2ccccc2)C(=O)C(=O)NCc2ccccn2)CCC1)OCC1CCC(F)(F)CC1. The highest BCUT2D eigenvalue weighted by atomic mass is 19.3. The Bertz CT molecular complexity index is 1180. The summed E-state index contributed by atoms with van der Waals surface area (Å²) in [6, 6.07) is 13.0. The molecule has 2 saturated carbocycles. The Balaban J connectivity index is 1.37. The van der Waals surface area contributed by atoms with Crippen LogP contribution in [0, 0.1) is 5.92 Å². The Morgan fingerprint density at radius 1 is 0.975 bits per heavy atom. The second-order valence-electron chi connectivity index (χ2n) is 10.5. The van der Waals surface area contributed by atoms with Crippen LogP contribution in [0.15, 0.2) is 54.7 Å². The maximum atomic E-state index is 13.4. The number of carbonyl (C=O) groups is 4. The molecule has 11 heteroatoms. The van der Waals surface area contributed by atoms with Gasteiger partial charge in [0.25, 0.3) is 5.91 Å². The van der Waals surface area contributed by atoms with Gasteiger partial charge in [-0.15, -0.1) is 0 Å². The standard InChI is InChI=1S/C29H34F2N4O5/c30-29(31)14-10-21(11-15-29)19-40-27(39)35-28(12-6-13-28)26(38)34-23(17-20-7-2-1-3-8-20)24(36)25(37)33-18-22-9-4-5-16-32-22/h1-5,7-9,16,21,23H,6,10-15,17-19H2,(H,33,37)(H,34,38)(H,35,39)/t23-/m1/s1. The third-order valence-corrected chi connectivity index (χ3v) is 7.55. The number of ether oxygens (including phenoxy) is 1. The number of halogens is 2. The molecule has 0 aliphatic heterocycles. The predicted octanol–water partition coefficient (Wildman–Crippen LogP) is 3.47. The number of ketones is 1. The number of benzene rings is 1. The number of hydrogen-bond donors (Lipinski definition) is 3. The molecule has 2 aromatic rings. The quantitative estimate of drug-likeness (QED) is 0.364. The fourth-order valence-corrected chi connectivity index (χ4v) is 4.91. The second-order valence-corrected chi connectivity index (χ2v) is 10.5. The molecule has 2 aliphatic carbocycles. The second kappa shape index (κ2) is 13.0. The topological polar surface area (TPSA) is 126 Å². The van der Waals surface area contributed by atoms with Crippen LogP contribution in [-0.4, -0.2) is 52.8 Å². The van der Waals surface area contributed by atoms with Gasteiger partial charge in [-0.25, -0.2) is 13.6 Å². The number of carbonyl (C=O) groups excluding carboxylic acids is 4. The molecule has 1 heterocycles. The van der Waals surface area contributed by atoms with E-state index in [9.17, 15) is 28.0 Å². The van der Waals surface area contributed by atoms with Gasteiger partial charge in [0.05, 0.1) is 18.8 Å². The van der Waals surface area contributed by atoms with Crippen LogP contribution in [0.2, 0.25) is 0 Å². The minimum atomic E-state index is -2.67. The van der Waals surface area contributed by atoms with E-state index in [-0.39, 0.29) is 51.2 Å².